The molecule has 6 heteroatoms. The molecule has 0 aliphatic heterocycles. The van der Waals surface area contributed by atoms with Crippen LogP contribution in [0.1, 0.15) is 13.3 Å². The van der Waals surface area contributed by atoms with Crippen LogP contribution in [0.5, 0.6) is 5.75 Å². The summed E-state index contributed by atoms with van der Waals surface area (Å²) in [6.07, 6.45) is 2.09. The van der Waals surface area contributed by atoms with Crippen molar-refractivity contribution < 1.29 is 5.11 Å². The smallest absolute Gasteiger partial charge is 0.332 e. The Morgan fingerprint density at radius 1 is 1.44 bits per heavy atom. The highest BCUT2D eigenvalue weighted by molar-refractivity contribution is 5.81. The Labute approximate surface area is 90.8 Å². The number of hydrogen-bond acceptors (Lipinski definition) is 3. The molecule has 6 nitrogen and oxygen atoms in total. The van der Waals surface area contributed by atoms with Crippen LogP contribution in [0.3, 0.4) is 0 Å². The fourth-order valence-electron chi connectivity index (χ4n) is 1.79. The van der Waals surface area contributed by atoms with Gasteiger partial charge in [-0.05, 0) is 6.42 Å². The topological polar surface area (TPSA) is 80.0 Å². The van der Waals surface area contributed by atoms with Crippen LogP contribution in [0.15, 0.2) is 15.8 Å². The van der Waals surface area contributed by atoms with Crippen molar-refractivity contribution in [1.29, 1.82) is 0 Å². The molecule has 0 radical (unpaired) electrons. The Hall–Kier alpha value is -1.98. The number of nitrogens with one attached hydrogen (secondary N) is 1. The van der Waals surface area contributed by atoms with Crippen molar-refractivity contribution >= 4 is 11.0 Å². The quantitative estimate of drug-likeness (QED) is 0.760. The minimum absolute atomic E-state index is 0.125. The Balaban J connectivity index is 3.00. The van der Waals surface area contributed by atoms with Gasteiger partial charge in [-0.2, -0.15) is 0 Å². The van der Waals surface area contributed by atoms with E-state index < -0.39 is 5.56 Å². The van der Waals surface area contributed by atoms with Crippen molar-refractivity contribution in [1.82, 2.24) is 14.1 Å². The molecule has 2 aromatic heterocycles. The number of fused-ring (bicyclic) bond motifs is 1. The van der Waals surface area contributed by atoms with Gasteiger partial charge in [0.15, 0.2) is 0 Å². The molecular formula is C10H13N3O3. The fourth-order valence-corrected chi connectivity index (χ4v) is 1.79. The normalized spacial score (nSPS) is 11.1. The molecule has 0 saturated carbocycles. The number of aryl methyl sites for hydroxylation is 1. The number of H-pyrrole nitrogens is 1. The van der Waals surface area contributed by atoms with E-state index in [1.807, 2.05) is 6.92 Å². The Kier molecular flexibility index (Phi) is 2.34. The van der Waals surface area contributed by atoms with E-state index in [2.05, 4.69) is 4.98 Å². The third-order valence-electron chi connectivity index (χ3n) is 2.59. The van der Waals surface area contributed by atoms with Gasteiger partial charge in [-0.3, -0.25) is 13.9 Å². The summed E-state index contributed by atoms with van der Waals surface area (Å²) in [6, 6.07) is 0. The van der Waals surface area contributed by atoms with Crippen LogP contribution in [0.2, 0.25) is 0 Å². The Morgan fingerprint density at radius 2 is 2.12 bits per heavy atom. The van der Waals surface area contributed by atoms with Gasteiger partial charge in [0.2, 0.25) is 0 Å². The number of aromatic hydroxyl groups is 1. The monoisotopic (exact) mass is 223 g/mol. The highest BCUT2D eigenvalue weighted by atomic mass is 16.3. The first-order valence-electron chi connectivity index (χ1n) is 5.07. The van der Waals surface area contributed by atoms with Crippen LogP contribution in [0.4, 0.5) is 0 Å². The first kappa shape index (κ1) is 10.5. The minimum Gasteiger partial charge on any atom is -0.505 e. The van der Waals surface area contributed by atoms with E-state index in [0.717, 1.165) is 11.0 Å². The number of aromatic nitrogens is 3. The summed E-state index contributed by atoms with van der Waals surface area (Å²) in [5, 5.41) is 9.70. The lowest BCUT2D eigenvalue weighted by Gasteiger charge is -2.07. The van der Waals surface area contributed by atoms with Crippen molar-refractivity contribution in [3.63, 3.8) is 0 Å². The van der Waals surface area contributed by atoms with Crippen molar-refractivity contribution in [2.75, 3.05) is 0 Å². The maximum Gasteiger partial charge on any atom is 0.332 e. The third-order valence-corrected chi connectivity index (χ3v) is 2.59. The van der Waals surface area contributed by atoms with Crippen LogP contribution in [0.25, 0.3) is 11.0 Å². The highest BCUT2D eigenvalue weighted by Crippen LogP contribution is 2.18. The van der Waals surface area contributed by atoms with E-state index in [9.17, 15) is 14.7 Å². The van der Waals surface area contributed by atoms with Gasteiger partial charge in [0.25, 0.3) is 5.56 Å². The largest absolute Gasteiger partial charge is 0.505 e. The molecule has 2 aromatic rings. The minimum atomic E-state index is -0.480. The van der Waals surface area contributed by atoms with E-state index in [0.29, 0.717) is 12.2 Å². The standard InChI is InChI=1S/C10H13N3O3/c1-3-4-13-8-7(6(14)5-11-8)9(15)12(2)10(13)16/h5,11,14H,3-4H2,1-2H3. The molecule has 0 fully saturated rings. The summed E-state index contributed by atoms with van der Waals surface area (Å²) in [4.78, 5) is 26.3. The zero-order valence-corrected chi connectivity index (χ0v) is 9.15. The number of aromatic amines is 1. The molecule has 16 heavy (non-hydrogen) atoms. The van der Waals surface area contributed by atoms with E-state index in [4.69, 9.17) is 0 Å². The summed E-state index contributed by atoms with van der Waals surface area (Å²) < 4.78 is 2.46. The summed E-state index contributed by atoms with van der Waals surface area (Å²) in [7, 11) is 1.41. The molecule has 0 aliphatic rings. The molecule has 2 rings (SSSR count). The second-order valence-corrected chi connectivity index (χ2v) is 3.70. The summed E-state index contributed by atoms with van der Waals surface area (Å²) >= 11 is 0. The van der Waals surface area contributed by atoms with Crippen molar-refractivity contribution in [3.05, 3.63) is 27.0 Å². The van der Waals surface area contributed by atoms with Crippen LogP contribution in [-0.2, 0) is 13.6 Å². The first-order chi connectivity index (χ1) is 7.57. The SMILES string of the molecule is CCCn1c(=O)n(C)c(=O)c2c(O)c[nH]c21. The second-order valence-electron chi connectivity index (χ2n) is 3.70. The van der Waals surface area contributed by atoms with Crippen LogP contribution >= 0.6 is 0 Å². The molecule has 0 unspecified atom stereocenters. The fraction of sp³-hybridized carbons (Fsp3) is 0.400. The average Bonchev–Trinajstić information content (AvgIpc) is 2.64. The van der Waals surface area contributed by atoms with E-state index in [-0.39, 0.29) is 16.8 Å². The van der Waals surface area contributed by atoms with Crippen LogP contribution in [-0.4, -0.2) is 19.2 Å². The number of hydrogen-bond donors (Lipinski definition) is 2. The van der Waals surface area contributed by atoms with Gasteiger partial charge in [0.1, 0.15) is 16.8 Å². The maximum atomic E-state index is 11.8. The zero-order chi connectivity index (χ0) is 11.9. The Bertz CT molecular complexity index is 648. The zero-order valence-electron chi connectivity index (χ0n) is 9.15. The third kappa shape index (κ3) is 1.26. The number of nitrogens with zero attached hydrogens (tertiary/aromatic N) is 2. The molecule has 0 atom stereocenters. The van der Waals surface area contributed by atoms with Crippen LogP contribution in [0, 0.1) is 0 Å². The molecule has 0 aliphatic carbocycles. The van der Waals surface area contributed by atoms with Gasteiger partial charge < -0.3 is 10.1 Å². The van der Waals surface area contributed by atoms with E-state index in [1.165, 1.54) is 17.8 Å². The van der Waals surface area contributed by atoms with E-state index in [1.54, 1.807) is 0 Å². The van der Waals surface area contributed by atoms with Gasteiger partial charge in [-0.15, -0.1) is 0 Å². The molecular weight excluding hydrogens is 210 g/mol. The molecule has 0 saturated heterocycles. The highest BCUT2D eigenvalue weighted by Gasteiger charge is 2.14. The summed E-state index contributed by atoms with van der Waals surface area (Å²) in [6.45, 7) is 2.44. The molecule has 86 valence electrons. The van der Waals surface area contributed by atoms with Gasteiger partial charge in [-0.1, -0.05) is 6.92 Å². The predicted octanol–water partition coefficient (Wildman–Crippen LogP) is 0.144. The van der Waals surface area contributed by atoms with Crippen molar-refractivity contribution in [2.45, 2.75) is 19.9 Å². The summed E-state index contributed by atoms with van der Waals surface area (Å²) in [5.74, 6) is -0.125. The lowest BCUT2D eigenvalue weighted by molar-refractivity contribution is 0.480. The van der Waals surface area contributed by atoms with E-state index >= 15 is 0 Å². The van der Waals surface area contributed by atoms with Crippen molar-refractivity contribution in [3.8, 4) is 5.75 Å². The lowest BCUT2D eigenvalue weighted by atomic mass is 10.3. The lowest BCUT2D eigenvalue weighted by Crippen LogP contribution is -2.38. The summed E-state index contributed by atoms with van der Waals surface area (Å²) in [5.41, 5.74) is -0.472. The molecule has 2 heterocycles. The average molecular weight is 223 g/mol. The number of rotatable bonds is 2. The van der Waals surface area contributed by atoms with Gasteiger partial charge in [0.05, 0.1) is 0 Å². The van der Waals surface area contributed by atoms with Crippen molar-refractivity contribution in [2.24, 2.45) is 7.05 Å². The molecule has 0 amide bonds. The second kappa shape index (κ2) is 3.55. The predicted molar refractivity (Wildman–Crippen MR) is 59.8 cm³/mol. The van der Waals surface area contributed by atoms with Gasteiger partial charge in [0, 0.05) is 19.8 Å². The molecule has 2 N–H and O–H groups in total. The maximum absolute atomic E-state index is 11.8. The van der Waals surface area contributed by atoms with Gasteiger partial charge in [-0.25, -0.2) is 4.79 Å². The molecule has 0 aromatic carbocycles. The van der Waals surface area contributed by atoms with Crippen LogP contribution < -0.4 is 11.2 Å². The molecule has 0 spiro atoms. The first-order valence-corrected chi connectivity index (χ1v) is 5.07. The molecule has 0 bridgehead atoms. The Morgan fingerprint density at radius 3 is 2.75 bits per heavy atom. The van der Waals surface area contributed by atoms with Gasteiger partial charge >= 0.3 is 5.69 Å².